The second kappa shape index (κ2) is 7.11. The molecule has 4 heteroatoms. The lowest BCUT2D eigenvalue weighted by molar-refractivity contribution is 0.384. The van der Waals surface area contributed by atoms with Gasteiger partial charge in [-0.3, -0.25) is 11.3 Å². The Morgan fingerprint density at radius 3 is 2.52 bits per heavy atom. The molecule has 2 rings (SSSR count). The van der Waals surface area contributed by atoms with Crippen LogP contribution in [0.2, 0.25) is 0 Å². The first-order chi connectivity index (χ1) is 10.2. The van der Waals surface area contributed by atoms with E-state index in [9.17, 15) is 0 Å². The molecule has 0 fully saturated rings. The lowest BCUT2D eigenvalue weighted by Crippen LogP contribution is -2.30. The van der Waals surface area contributed by atoms with Crippen LogP contribution in [-0.4, -0.2) is 14.2 Å². The van der Waals surface area contributed by atoms with E-state index in [1.807, 2.05) is 18.2 Å². The van der Waals surface area contributed by atoms with Gasteiger partial charge in [0.1, 0.15) is 11.5 Å². The zero-order valence-electron chi connectivity index (χ0n) is 12.7. The van der Waals surface area contributed by atoms with Gasteiger partial charge in [-0.25, -0.2) is 0 Å². The van der Waals surface area contributed by atoms with Crippen LogP contribution in [0.4, 0.5) is 0 Å². The topological polar surface area (TPSA) is 56.5 Å². The number of aryl methyl sites for hydroxylation is 1. The summed E-state index contributed by atoms with van der Waals surface area (Å²) in [7, 11) is 3.29. The molecule has 0 amide bonds. The summed E-state index contributed by atoms with van der Waals surface area (Å²) in [6.07, 6.45) is 0.793. The molecule has 0 spiro atoms. The van der Waals surface area contributed by atoms with E-state index in [2.05, 4.69) is 36.6 Å². The third kappa shape index (κ3) is 3.74. The molecular weight excluding hydrogens is 264 g/mol. The zero-order valence-corrected chi connectivity index (χ0v) is 12.7. The number of methoxy groups -OCH3 is 2. The summed E-state index contributed by atoms with van der Waals surface area (Å²) < 4.78 is 10.7. The van der Waals surface area contributed by atoms with Crippen LogP contribution in [0, 0.1) is 6.92 Å². The SMILES string of the molecule is COc1ccc(C(Cc2cccc(C)c2)NN)c(OC)c1. The van der Waals surface area contributed by atoms with Crippen molar-refractivity contribution in [3.05, 3.63) is 59.2 Å². The van der Waals surface area contributed by atoms with Crippen molar-refractivity contribution in [3.8, 4) is 11.5 Å². The van der Waals surface area contributed by atoms with Crippen LogP contribution in [0.3, 0.4) is 0 Å². The second-order valence-electron chi connectivity index (χ2n) is 5.02. The maximum Gasteiger partial charge on any atom is 0.127 e. The van der Waals surface area contributed by atoms with Crippen LogP contribution in [0.1, 0.15) is 22.7 Å². The summed E-state index contributed by atoms with van der Waals surface area (Å²) in [6, 6.07) is 14.2. The molecule has 0 saturated carbocycles. The predicted octanol–water partition coefficient (Wildman–Crippen LogP) is 2.76. The van der Waals surface area contributed by atoms with Gasteiger partial charge in [-0.05, 0) is 25.0 Å². The van der Waals surface area contributed by atoms with Crippen LogP contribution in [0.5, 0.6) is 11.5 Å². The normalized spacial score (nSPS) is 12.0. The van der Waals surface area contributed by atoms with Gasteiger partial charge in [0.2, 0.25) is 0 Å². The molecule has 2 aromatic rings. The summed E-state index contributed by atoms with van der Waals surface area (Å²) in [5, 5.41) is 0. The number of nitrogens with two attached hydrogens (primary N) is 1. The number of hydrazine groups is 1. The third-order valence-corrected chi connectivity index (χ3v) is 3.54. The van der Waals surface area contributed by atoms with Gasteiger partial charge in [0, 0.05) is 11.6 Å². The Hall–Kier alpha value is -2.04. The fourth-order valence-electron chi connectivity index (χ4n) is 2.44. The van der Waals surface area contributed by atoms with Crippen LogP contribution in [-0.2, 0) is 6.42 Å². The van der Waals surface area contributed by atoms with E-state index in [4.69, 9.17) is 15.3 Å². The molecular formula is C17H22N2O2. The van der Waals surface area contributed by atoms with Gasteiger partial charge >= 0.3 is 0 Å². The molecule has 0 radical (unpaired) electrons. The minimum Gasteiger partial charge on any atom is -0.497 e. The Morgan fingerprint density at radius 2 is 1.90 bits per heavy atom. The molecule has 0 bridgehead atoms. The van der Waals surface area contributed by atoms with Crippen molar-refractivity contribution in [2.75, 3.05) is 14.2 Å². The molecule has 0 aliphatic heterocycles. The maximum atomic E-state index is 5.75. The number of nitrogens with one attached hydrogen (secondary N) is 1. The van der Waals surface area contributed by atoms with Gasteiger partial charge in [-0.15, -0.1) is 0 Å². The third-order valence-electron chi connectivity index (χ3n) is 3.54. The first kappa shape index (κ1) is 15.4. The van der Waals surface area contributed by atoms with Gasteiger partial charge in [0.05, 0.1) is 20.3 Å². The number of ether oxygens (including phenoxy) is 2. The Morgan fingerprint density at radius 1 is 1.10 bits per heavy atom. The molecule has 0 aromatic heterocycles. The highest BCUT2D eigenvalue weighted by atomic mass is 16.5. The van der Waals surface area contributed by atoms with Gasteiger partial charge in [0.15, 0.2) is 0 Å². The summed E-state index contributed by atoms with van der Waals surface area (Å²) in [5.74, 6) is 7.28. The summed E-state index contributed by atoms with van der Waals surface area (Å²) in [4.78, 5) is 0. The van der Waals surface area contributed by atoms with Crippen LogP contribution in [0.25, 0.3) is 0 Å². The predicted molar refractivity (Wildman–Crippen MR) is 84.5 cm³/mol. The highest BCUT2D eigenvalue weighted by Crippen LogP contribution is 2.31. The van der Waals surface area contributed by atoms with Crippen molar-refractivity contribution >= 4 is 0 Å². The standard InChI is InChI=1S/C17H22N2O2/c1-12-5-4-6-13(9-12)10-16(19-18)15-8-7-14(20-2)11-17(15)21-3/h4-9,11,16,19H,10,18H2,1-3H3. The number of benzene rings is 2. The molecule has 2 aromatic carbocycles. The van der Waals surface area contributed by atoms with Crippen molar-refractivity contribution in [3.63, 3.8) is 0 Å². The average molecular weight is 286 g/mol. The highest BCUT2D eigenvalue weighted by Gasteiger charge is 2.16. The number of rotatable bonds is 6. The molecule has 112 valence electrons. The van der Waals surface area contributed by atoms with Crippen molar-refractivity contribution < 1.29 is 9.47 Å². The summed E-state index contributed by atoms with van der Waals surface area (Å²) in [5.41, 5.74) is 6.37. The van der Waals surface area contributed by atoms with E-state index < -0.39 is 0 Å². The Labute approximate surface area is 125 Å². The number of hydrogen-bond donors (Lipinski definition) is 2. The maximum absolute atomic E-state index is 5.75. The minimum absolute atomic E-state index is 0.0207. The lowest BCUT2D eigenvalue weighted by atomic mass is 9.97. The fraction of sp³-hybridized carbons (Fsp3) is 0.294. The number of hydrogen-bond acceptors (Lipinski definition) is 4. The van der Waals surface area contributed by atoms with E-state index in [-0.39, 0.29) is 6.04 Å². The molecule has 21 heavy (non-hydrogen) atoms. The molecule has 0 aliphatic rings. The molecule has 3 N–H and O–H groups in total. The monoisotopic (exact) mass is 286 g/mol. The van der Waals surface area contributed by atoms with Crippen molar-refractivity contribution in [1.82, 2.24) is 5.43 Å². The molecule has 1 unspecified atom stereocenters. The fourth-order valence-corrected chi connectivity index (χ4v) is 2.44. The van der Waals surface area contributed by atoms with Crippen LogP contribution in [0.15, 0.2) is 42.5 Å². The average Bonchev–Trinajstić information content (AvgIpc) is 2.52. The Bertz CT molecular complexity index is 599. The molecule has 0 aliphatic carbocycles. The van der Waals surface area contributed by atoms with Gasteiger partial charge in [-0.2, -0.15) is 0 Å². The van der Waals surface area contributed by atoms with Crippen LogP contribution < -0.4 is 20.7 Å². The zero-order chi connectivity index (χ0) is 15.2. The molecule has 4 nitrogen and oxygen atoms in total. The van der Waals surface area contributed by atoms with Gasteiger partial charge in [-0.1, -0.05) is 35.9 Å². The van der Waals surface area contributed by atoms with E-state index in [0.717, 1.165) is 23.5 Å². The van der Waals surface area contributed by atoms with Gasteiger partial charge in [0.25, 0.3) is 0 Å². The Kier molecular flexibility index (Phi) is 5.20. The van der Waals surface area contributed by atoms with E-state index in [1.54, 1.807) is 14.2 Å². The summed E-state index contributed by atoms with van der Waals surface area (Å²) >= 11 is 0. The Balaban J connectivity index is 2.28. The molecule has 1 atom stereocenters. The smallest absolute Gasteiger partial charge is 0.127 e. The largest absolute Gasteiger partial charge is 0.497 e. The highest BCUT2D eigenvalue weighted by molar-refractivity contribution is 5.43. The molecule has 0 saturated heterocycles. The molecule has 0 heterocycles. The van der Waals surface area contributed by atoms with Crippen molar-refractivity contribution in [2.45, 2.75) is 19.4 Å². The quantitative estimate of drug-likeness (QED) is 0.633. The van der Waals surface area contributed by atoms with Crippen molar-refractivity contribution in [2.24, 2.45) is 5.84 Å². The first-order valence-corrected chi connectivity index (χ1v) is 6.91. The van der Waals surface area contributed by atoms with Crippen LogP contribution >= 0.6 is 0 Å². The van der Waals surface area contributed by atoms with Gasteiger partial charge < -0.3 is 9.47 Å². The van der Waals surface area contributed by atoms with E-state index in [0.29, 0.717) is 0 Å². The van der Waals surface area contributed by atoms with Crippen molar-refractivity contribution in [1.29, 1.82) is 0 Å². The first-order valence-electron chi connectivity index (χ1n) is 6.91. The summed E-state index contributed by atoms with van der Waals surface area (Å²) in [6.45, 7) is 2.09. The lowest BCUT2D eigenvalue weighted by Gasteiger charge is -2.20. The van der Waals surface area contributed by atoms with E-state index >= 15 is 0 Å². The second-order valence-corrected chi connectivity index (χ2v) is 5.02. The minimum atomic E-state index is -0.0207. The van der Waals surface area contributed by atoms with E-state index in [1.165, 1.54) is 11.1 Å².